The molecule has 1 aromatic heterocycles. The van der Waals surface area contributed by atoms with Crippen molar-refractivity contribution < 1.29 is 9.59 Å². The molecule has 1 aromatic rings. The Hall–Kier alpha value is -2.05. The molecule has 0 aliphatic carbocycles. The van der Waals surface area contributed by atoms with Gasteiger partial charge in [0, 0.05) is 38.4 Å². The zero-order valence-corrected chi connectivity index (χ0v) is 12.1. The van der Waals surface area contributed by atoms with E-state index < -0.39 is 5.54 Å². The number of carbonyl (C=O) groups is 2. The van der Waals surface area contributed by atoms with Crippen LogP contribution in [0.5, 0.6) is 0 Å². The molecule has 2 rings (SSSR count). The fraction of sp³-hybridized carbons (Fsp3) is 0.615. The highest BCUT2D eigenvalue weighted by molar-refractivity contribution is 5.90. The second kappa shape index (κ2) is 5.52. The Bertz CT molecular complexity index is 509. The Labute approximate surface area is 118 Å². The maximum absolute atomic E-state index is 12.3. The van der Waals surface area contributed by atoms with Crippen LogP contribution in [0.4, 0.5) is 4.79 Å². The van der Waals surface area contributed by atoms with Gasteiger partial charge in [-0.1, -0.05) is 0 Å². The average Bonchev–Trinajstić information content (AvgIpc) is 2.85. The highest BCUT2D eigenvalue weighted by atomic mass is 16.2. The van der Waals surface area contributed by atoms with Gasteiger partial charge in [-0.2, -0.15) is 0 Å². The zero-order valence-electron chi connectivity index (χ0n) is 12.1. The molecule has 1 unspecified atom stereocenters. The van der Waals surface area contributed by atoms with Gasteiger partial charge in [-0.25, -0.2) is 9.78 Å². The van der Waals surface area contributed by atoms with E-state index in [-0.39, 0.29) is 18.0 Å². The second-order valence-corrected chi connectivity index (χ2v) is 5.53. The molecule has 3 N–H and O–H groups in total. The third-order valence-electron chi connectivity index (χ3n) is 3.49. The van der Waals surface area contributed by atoms with Crippen molar-refractivity contribution in [1.29, 1.82) is 0 Å². The van der Waals surface area contributed by atoms with Gasteiger partial charge in [-0.3, -0.25) is 4.79 Å². The Balaban J connectivity index is 1.93. The summed E-state index contributed by atoms with van der Waals surface area (Å²) >= 11 is 0. The van der Waals surface area contributed by atoms with Gasteiger partial charge in [-0.05, 0) is 20.3 Å². The van der Waals surface area contributed by atoms with E-state index in [0.29, 0.717) is 0 Å². The number of urea groups is 1. The largest absolute Gasteiger partial charge is 0.350 e. The molecule has 0 aromatic carbocycles. The Morgan fingerprint density at radius 2 is 2.20 bits per heavy atom. The smallest absolute Gasteiger partial charge is 0.315 e. The predicted octanol–water partition coefficient (Wildman–Crippen LogP) is 0.0217. The number of aromatic nitrogens is 2. The summed E-state index contributed by atoms with van der Waals surface area (Å²) in [6.45, 7) is 4.09. The molecule has 20 heavy (non-hydrogen) atoms. The van der Waals surface area contributed by atoms with Crippen molar-refractivity contribution in [3.63, 3.8) is 0 Å². The standard InChI is InChI=1S/C13H21N5O2/c1-13(2,17-12(20)14-3)11(19)16-9-4-5-10-15-6-7-18(10)8-9/h6-7,9H,4-5,8H2,1-3H3,(H,16,19)(H2,14,17,20). The van der Waals surface area contributed by atoms with E-state index in [2.05, 4.69) is 20.9 Å². The first-order valence-corrected chi connectivity index (χ1v) is 6.73. The van der Waals surface area contributed by atoms with Crippen molar-refractivity contribution >= 4 is 11.9 Å². The summed E-state index contributed by atoms with van der Waals surface area (Å²) in [4.78, 5) is 27.8. The lowest BCUT2D eigenvalue weighted by Crippen LogP contribution is -2.59. The van der Waals surface area contributed by atoms with Crippen LogP contribution in [0.2, 0.25) is 0 Å². The maximum Gasteiger partial charge on any atom is 0.315 e. The fourth-order valence-electron chi connectivity index (χ4n) is 2.25. The lowest BCUT2D eigenvalue weighted by atomic mass is 10.0. The minimum absolute atomic E-state index is 0.0648. The van der Waals surface area contributed by atoms with Crippen LogP contribution in [-0.2, 0) is 17.8 Å². The molecule has 0 fully saturated rings. The number of nitrogens with zero attached hydrogens (tertiary/aromatic N) is 2. The summed E-state index contributed by atoms with van der Waals surface area (Å²) in [6, 6.07) is -0.305. The quantitative estimate of drug-likeness (QED) is 0.729. The number of rotatable bonds is 3. The number of hydrogen-bond donors (Lipinski definition) is 3. The van der Waals surface area contributed by atoms with Crippen molar-refractivity contribution in [2.75, 3.05) is 7.05 Å². The van der Waals surface area contributed by atoms with Gasteiger partial charge in [0.2, 0.25) is 5.91 Å². The van der Waals surface area contributed by atoms with Gasteiger partial charge in [-0.15, -0.1) is 0 Å². The van der Waals surface area contributed by atoms with Gasteiger partial charge in [0.15, 0.2) is 0 Å². The topological polar surface area (TPSA) is 88.1 Å². The van der Waals surface area contributed by atoms with Crippen LogP contribution in [0, 0.1) is 0 Å². The number of carbonyl (C=O) groups excluding carboxylic acids is 2. The van der Waals surface area contributed by atoms with Crippen molar-refractivity contribution in [2.45, 2.75) is 44.8 Å². The highest BCUT2D eigenvalue weighted by Crippen LogP contribution is 2.14. The van der Waals surface area contributed by atoms with E-state index in [1.54, 1.807) is 20.0 Å². The van der Waals surface area contributed by atoms with E-state index in [0.717, 1.165) is 25.2 Å². The monoisotopic (exact) mass is 279 g/mol. The molecule has 3 amide bonds. The highest BCUT2D eigenvalue weighted by Gasteiger charge is 2.31. The van der Waals surface area contributed by atoms with E-state index in [1.165, 1.54) is 7.05 Å². The summed E-state index contributed by atoms with van der Waals surface area (Å²) in [5.41, 5.74) is -0.949. The minimum atomic E-state index is -0.949. The van der Waals surface area contributed by atoms with Crippen LogP contribution in [-0.4, -0.2) is 40.1 Å². The van der Waals surface area contributed by atoms with Crippen molar-refractivity contribution in [2.24, 2.45) is 0 Å². The SMILES string of the molecule is CNC(=O)NC(C)(C)C(=O)NC1CCc2nccn2C1. The first kappa shape index (κ1) is 14.4. The van der Waals surface area contributed by atoms with E-state index in [1.807, 2.05) is 10.8 Å². The Morgan fingerprint density at radius 1 is 1.45 bits per heavy atom. The van der Waals surface area contributed by atoms with Crippen molar-refractivity contribution in [3.8, 4) is 0 Å². The molecule has 7 heteroatoms. The first-order valence-electron chi connectivity index (χ1n) is 6.73. The molecule has 0 saturated heterocycles. The second-order valence-electron chi connectivity index (χ2n) is 5.53. The lowest BCUT2D eigenvalue weighted by Gasteiger charge is -2.30. The predicted molar refractivity (Wildman–Crippen MR) is 74.1 cm³/mol. The number of hydrogen-bond acceptors (Lipinski definition) is 3. The van der Waals surface area contributed by atoms with Crippen LogP contribution in [0.25, 0.3) is 0 Å². The maximum atomic E-state index is 12.3. The molecule has 110 valence electrons. The third-order valence-corrected chi connectivity index (χ3v) is 3.49. The van der Waals surface area contributed by atoms with E-state index in [9.17, 15) is 9.59 Å². The van der Waals surface area contributed by atoms with Crippen LogP contribution in [0.15, 0.2) is 12.4 Å². The number of fused-ring (bicyclic) bond motifs is 1. The van der Waals surface area contributed by atoms with Crippen molar-refractivity contribution in [3.05, 3.63) is 18.2 Å². The molecule has 1 aliphatic heterocycles. The third kappa shape index (κ3) is 3.09. The molecule has 7 nitrogen and oxygen atoms in total. The molecule has 0 radical (unpaired) electrons. The number of aryl methyl sites for hydroxylation is 1. The summed E-state index contributed by atoms with van der Waals surface area (Å²) in [5, 5.41) is 8.06. The van der Waals surface area contributed by atoms with Gasteiger partial charge < -0.3 is 20.5 Å². The number of imidazole rings is 1. The van der Waals surface area contributed by atoms with Crippen LogP contribution in [0.3, 0.4) is 0 Å². The summed E-state index contributed by atoms with van der Waals surface area (Å²) in [5.74, 6) is 0.868. The summed E-state index contributed by atoms with van der Waals surface area (Å²) in [6.07, 6.45) is 5.40. The zero-order chi connectivity index (χ0) is 14.8. The van der Waals surface area contributed by atoms with Crippen molar-refractivity contribution in [1.82, 2.24) is 25.5 Å². The normalized spacial score (nSPS) is 18.1. The molecular weight excluding hydrogens is 258 g/mol. The van der Waals surface area contributed by atoms with Gasteiger partial charge in [0.1, 0.15) is 11.4 Å². The first-order chi connectivity index (χ1) is 9.42. The summed E-state index contributed by atoms with van der Waals surface area (Å²) < 4.78 is 2.05. The summed E-state index contributed by atoms with van der Waals surface area (Å²) in [7, 11) is 1.52. The lowest BCUT2D eigenvalue weighted by molar-refractivity contribution is -0.127. The molecule has 2 heterocycles. The molecule has 0 bridgehead atoms. The van der Waals surface area contributed by atoms with Crippen LogP contribution >= 0.6 is 0 Å². The molecule has 0 saturated carbocycles. The number of amides is 3. The number of nitrogens with one attached hydrogen (secondary N) is 3. The van der Waals surface area contributed by atoms with Gasteiger partial charge in [0.05, 0.1) is 0 Å². The molecule has 0 spiro atoms. The van der Waals surface area contributed by atoms with Gasteiger partial charge >= 0.3 is 6.03 Å². The average molecular weight is 279 g/mol. The molecular formula is C13H21N5O2. The Morgan fingerprint density at radius 3 is 2.90 bits per heavy atom. The van der Waals surface area contributed by atoms with E-state index >= 15 is 0 Å². The van der Waals surface area contributed by atoms with Gasteiger partial charge in [0.25, 0.3) is 0 Å². The Kier molecular flexibility index (Phi) is 3.96. The molecule has 1 aliphatic rings. The minimum Gasteiger partial charge on any atom is -0.350 e. The molecule has 1 atom stereocenters. The fourth-order valence-corrected chi connectivity index (χ4v) is 2.25. The van der Waals surface area contributed by atoms with Crippen LogP contribution in [0.1, 0.15) is 26.1 Å². The van der Waals surface area contributed by atoms with Crippen LogP contribution < -0.4 is 16.0 Å². The van der Waals surface area contributed by atoms with E-state index in [4.69, 9.17) is 0 Å².